The van der Waals surface area contributed by atoms with E-state index in [2.05, 4.69) is 48.3 Å². The molecular formula is C18H31IN4OS. The second-order valence-corrected chi connectivity index (χ2v) is 8.83. The molecule has 1 aromatic rings. The molecule has 2 fully saturated rings. The van der Waals surface area contributed by atoms with Gasteiger partial charge in [0.1, 0.15) is 0 Å². The molecule has 0 aromatic carbocycles. The minimum atomic E-state index is 0. The van der Waals surface area contributed by atoms with E-state index in [9.17, 15) is 0 Å². The first-order valence-corrected chi connectivity index (χ1v) is 9.77. The first kappa shape index (κ1) is 20.9. The number of rotatable bonds is 4. The minimum Gasteiger partial charge on any atom is -0.377 e. The van der Waals surface area contributed by atoms with Crippen LogP contribution >= 0.6 is 35.3 Å². The van der Waals surface area contributed by atoms with Gasteiger partial charge >= 0.3 is 0 Å². The van der Waals surface area contributed by atoms with Gasteiger partial charge in [0.15, 0.2) is 5.96 Å². The van der Waals surface area contributed by atoms with Crippen molar-refractivity contribution >= 4 is 41.3 Å². The summed E-state index contributed by atoms with van der Waals surface area (Å²) in [6.07, 6.45) is 3.75. The molecule has 7 heteroatoms. The predicted octanol–water partition coefficient (Wildman–Crippen LogP) is 3.29. The highest BCUT2D eigenvalue weighted by Crippen LogP contribution is 2.51. The third-order valence-corrected chi connectivity index (χ3v) is 6.68. The van der Waals surface area contributed by atoms with Crippen LogP contribution in [-0.2, 0) is 11.2 Å². The number of thiazole rings is 1. The van der Waals surface area contributed by atoms with Crippen molar-refractivity contribution in [1.29, 1.82) is 0 Å². The van der Waals surface area contributed by atoms with Crippen molar-refractivity contribution in [2.24, 2.45) is 16.3 Å². The summed E-state index contributed by atoms with van der Waals surface area (Å²) in [5.74, 6) is 1.50. The van der Waals surface area contributed by atoms with Crippen molar-refractivity contribution in [1.82, 2.24) is 15.6 Å². The molecule has 1 aliphatic heterocycles. The third-order valence-electron chi connectivity index (χ3n) is 5.55. The Hall–Kier alpha value is -0.410. The van der Waals surface area contributed by atoms with Crippen LogP contribution in [0.4, 0.5) is 0 Å². The van der Waals surface area contributed by atoms with Crippen LogP contribution < -0.4 is 10.6 Å². The second-order valence-electron chi connectivity index (χ2n) is 7.54. The molecule has 1 saturated carbocycles. The summed E-state index contributed by atoms with van der Waals surface area (Å²) in [5, 5.41) is 8.27. The van der Waals surface area contributed by atoms with E-state index in [1.807, 2.05) is 7.05 Å². The molecule has 2 aliphatic rings. The Bertz CT molecular complexity index is 597. The first-order chi connectivity index (χ1) is 11.4. The Morgan fingerprint density at radius 3 is 2.80 bits per heavy atom. The van der Waals surface area contributed by atoms with E-state index >= 15 is 0 Å². The number of ether oxygens (including phenoxy) is 1. The number of aliphatic imine (C=N–C) groups is 1. The van der Waals surface area contributed by atoms with Crippen LogP contribution in [0.25, 0.3) is 0 Å². The number of aromatic nitrogens is 1. The zero-order chi connectivity index (χ0) is 17.3. The van der Waals surface area contributed by atoms with E-state index in [0.717, 1.165) is 31.2 Å². The molecule has 25 heavy (non-hydrogen) atoms. The summed E-state index contributed by atoms with van der Waals surface area (Å²) in [6, 6.07) is 0.429. The molecule has 1 aliphatic carbocycles. The number of nitrogens with one attached hydrogen (secondary N) is 2. The van der Waals surface area contributed by atoms with Gasteiger partial charge in [-0.05, 0) is 26.7 Å². The maximum atomic E-state index is 5.98. The van der Waals surface area contributed by atoms with Crippen molar-refractivity contribution in [2.45, 2.75) is 59.1 Å². The molecule has 3 atom stereocenters. The average molecular weight is 478 g/mol. The molecule has 3 unspecified atom stereocenters. The van der Waals surface area contributed by atoms with Crippen LogP contribution in [0.2, 0.25) is 0 Å². The number of nitrogens with zero attached hydrogens (tertiary/aromatic N) is 2. The van der Waals surface area contributed by atoms with Gasteiger partial charge in [-0.2, -0.15) is 0 Å². The minimum absolute atomic E-state index is 0. The summed E-state index contributed by atoms with van der Waals surface area (Å²) in [7, 11) is 1.84. The van der Waals surface area contributed by atoms with E-state index in [-0.39, 0.29) is 29.4 Å². The molecular weight excluding hydrogens is 447 g/mol. The molecule has 0 bridgehead atoms. The Kier molecular flexibility index (Phi) is 7.12. The van der Waals surface area contributed by atoms with Gasteiger partial charge in [-0.3, -0.25) is 4.99 Å². The molecule has 0 spiro atoms. The number of hydrogen-bond acceptors (Lipinski definition) is 4. The van der Waals surface area contributed by atoms with Crippen LogP contribution in [0.1, 0.15) is 42.3 Å². The number of hydrogen-bond donors (Lipinski definition) is 2. The van der Waals surface area contributed by atoms with Crippen LogP contribution in [-0.4, -0.2) is 43.3 Å². The maximum Gasteiger partial charge on any atom is 0.191 e. The second kappa shape index (κ2) is 8.52. The van der Waals surface area contributed by atoms with Crippen LogP contribution in [0.15, 0.2) is 4.99 Å². The van der Waals surface area contributed by atoms with Gasteiger partial charge in [-0.1, -0.05) is 13.8 Å². The predicted molar refractivity (Wildman–Crippen MR) is 115 cm³/mol. The fourth-order valence-corrected chi connectivity index (χ4v) is 5.02. The van der Waals surface area contributed by atoms with E-state index in [1.54, 1.807) is 11.3 Å². The van der Waals surface area contributed by atoms with Crippen molar-refractivity contribution in [3.8, 4) is 0 Å². The lowest BCUT2D eigenvalue weighted by molar-refractivity contribution is -0.188. The van der Waals surface area contributed by atoms with Crippen LogP contribution in [0.3, 0.4) is 0 Å². The highest BCUT2D eigenvalue weighted by atomic mass is 127. The monoisotopic (exact) mass is 478 g/mol. The normalized spacial score (nSPS) is 27.7. The van der Waals surface area contributed by atoms with Gasteiger partial charge in [0.2, 0.25) is 0 Å². The maximum absolute atomic E-state index is 5.98. The molecule has 3 rings (SSSR count). The Balaban J connectivity index is 0.00000225. The highest BCUT2D eigenvalue weighted by molar-refractivity contribution is 14.0. The van der Waals surface area contributed by atoms with Crippen molar-refractivity contribution in [2.75, 3.05) is 20.2 Å². The molecule has 1 aromatic heterocycles. The zero-order valence-electron chi connectivity index (χ0n) is 15.9. The Labute approximate surface area is 172 Å². The molecule has 5 nitrogen and oxygen atoms in total. The molecule has 1 saturated heterocycles. The lowest BCUT2D eigenvalue weighted by Crippen LogP contribution is -2.71. The Morgan fingerprint density at radius 1 is 1.40 bits per heavy atom. The number of fused-ring (bicyclic) bond motifs is 1. The highest BCUT2D eigenvalue weighted by Gasteiger charge is 2.58. The average Bonchev–Trinajstić information content (AvgIpc) is 2.88. The van der Waals surface area contributed by atoms with E-state index in [0.29, 0.717) is 18.1 Å². The van der Waals surface area contributed by atoms with Crippen LogP contribution in [0.5, 0.6) is 0 Å². The SMILES string of the molecule is CN=C(NCCc1nc(C)c(C)s1)NC1C2CCCOC2C1(C)C.I. The summed E-state index contributed by atoms with van der Waals surface area (Å²) in [6.45, 7) is 10.6. The molecule has 142 valence electrons. The Morgan fingerprint density at radius 2 is 2.16 bits per heavy atom. The van der Waals surface area contributed by atoms with Gasteiger partial charge < -0.3 is 15.4 Å². The summed E-state index contributed by atoms with van der Waals surface area (Å²) in [4.78, 5) is 10.3. The van der Waals surface area contributed by atoms with Crippen molar-refractivity contribution < 1.29 is 4.74 Å². The van der Waals surface area contributed by atoms with E-state index in [1.165, 1.54) is 22.7 Å². The van der Waals surface area contributed by atoms with Gasteiger partial charge in [-0.25, -0.2) is 4.98 Å². The summed E-state index contributed by atoms with van der Waals surface area (Å²) < 4.78 is 5.98. The van der Waals surface area contributed by atoms with Gasteiger partial charge in [0, 0.05) is 48.9 Å². The van der Waals surface area contributed by atoms with Gasteiger partial charge in [0.25, 0.3) is 0 Å². The molecule has 0 radical (unpaired) electrons. The molecule has 2 heterocycles. The lowest BCUT2D eigenvalue weighted by Gasteiger charge is -2.60. The summed E-state index contributed by atoms with van der Waals surface area (Å²) in [5.41, 5.74) is 1.31. The summed E-state index contributed by atoms with van der Waals surface area (Å²) >= 11 is 1.79. The van der Waals surface area contributed by atoms with Gasteiger partial charge in [0.05, 0.1) is 16.8 Å². The fourth-order valence-electron chi connectivity index (χ4n) is 4.09. The number of guanidine groups is 1. The van der Waals surface area contributed by atoms with E-state index in [4.69, 9.17) is 4.74 Å². The number of aryl methyl sites for hydroxylation is 2. The zero-order valence-corrected chi connectivity index (χ0v) is 19.0. The smallest absolute Gasteiger partial charge is 0.191 e. The van der Waals surface area contributed by atoms with Crippen molar-refractivity contribution in [3.05, 3.63) is 15.6 Å². The lowest BCUT2D eigenvalue weighted by atomic mass is 9.55. The largest absolute Gasteiger partial charge is 0.377 e. The first-order valence-electron chi connectivity index (χ1n) is 8.95. The topological polar surface area (TPSA) is 58.5 Å². The molecule has 0 amide bonds. The standard InChI is InChI=1S/C18H30N4OS.HI/c1-11-12(2)24-14(21-11)8-9-20-17(19-5)22-15-13-7-6-10-23-16(13)18(15,3)4;/h13,15-16H,6-10H2,1-5H3,(H2,19,20,22);1H. The third kappa shape index (κ3) is 4.30. The quantitative estimate of drug-likeness (QED) is 0.396. The van der Waals surface area contributed by atoms with E-state index < -0.39 is 0 Å². The molecule has 2 N–H and O–H groups in total. The van der Waals surface area contributed by atoms with Crippen LogP contribution in [0, 0.1) is 25.2 Å². The van der Waals surface area contributed by atoms with Gasteiger partial charge in [-0.15, -0.1) is 35.3 Å². The van der Waals surface area contributed by atoms with Crippen molar-refractivity contribution in [3.63, 3.8) is 0 Å². The fraction of sp³-hybridized carbons (Fsp3) is 0.778. The number of halogens is 1.